The molecule has 0 amide bonds. The van der Waals surface area contributed by atoms with Gasteiger partial charge < -0.3 is 15.3 Å². The van der Waals surface area contributed by atoms with Crippen molar-refractivity contribution >= 4 is 23.2 Å². The Hall–Kier alpha value is -3.41. The van der Waals surface area contributed by atoms with Crippen molar-refractivity contribution in [3.63, 3.8) is 0 Å². The number of nitrogens with zero attached hydrogens (tertiary/aromatic N) is 1. The van der Waals surface area contributed by atoms with Crippen LogP contribution in [-0.2, 0) is 0 Å². The van der Waals surface area contributed by atoms with Gasteiger partial charge in [0.25, 0.3) is 0 Å². The van der Waals surface area contributed by atoms with Crippen molar-refractivity contribution < 1.29 is 19.5 Å². The maximum atomic E-state index is 13.1. The number of nitrogens with one attached hydrogen (secondary N) is 1. The van der Waals surface area contributed by atoms with Crippen LogP contribution in [0, 0.1) is 0 Å². The molecule has 1 fully saturated rings. The average molecular weight is 362 g/mol. The third-order valence-electron chi connectivity index (χ3n) is 4.92. The molecule has 1 aliphatic heterocycles. The van der Waals surface area contributed by atoms with Gasteiger partial charge in [0.05, 0.1) is 5.56 Å². The molecule has 27 heavy (non-hydrogen) atoms. The molecule has 0 unspecified atom stereocenters. The normalized spacial score (nSPS) is 16.5. The number of carbonyl (C=O) groups excluding carboxylic acids is 2. The molecule has 0 spiro atoms. The summed E-state index contributed by atoms with van der Waals surface area (Å²) in [6, 6.07) is 13.0. The summed E-state index contributed by atoms with van der Waals surface area (Å²) >= 11 is 0. The van der Waals surface area contributed by atoms with E-state index in [1.165, 1.54) is 12.1 Å². The first-order valence-electron chi connectivity index (χ1n) is 8.84. The lowest BCUT2D eigenvalue weighted by Gasteiger charge is -2.28. The maximum absolute atomic E-state index is 13.1. The first kappa shape index (κ1) is 17.0. The third-order valence-corrected chi connectivity index (χ3v) is 4.92. The Labute approximate surface area is 156 Å². The quantitative estimate of drug-likeness (QED) is 0.869. The molecule has 0 radical (unpaired) electrons. The number of carboxylic acid groups (broad SMARTS) is 1. The Morgan fingerprint density at radius 3 is 2.07 bits per heavy atom. The van der Waals surface area contributed by atoms with Crippen molar-refractivity contribution in [3.05, 3.63) is 76.6 Å². The highest BCUT2D eigenvalue weighted by Gasteiger charge is 2.36. The molecule has 0 bridgehead atoms. The Morgan fingerprint density at radius 1 is 0.889 bits per heavy atom. The predicted octanol–water partition coefficient (Wildman–Crippen LogP) is 3.18. The van der Waals surface area contributed by atoms with Gasteiger partial charge in [0.2, 0.25) is 11.6 Å². The number of carboxylic acids is 1. The number of hydrogen-bond donors (Lipinski definition) is 2. The minimum absolute atomic E-state index is 0.156. The van der Waals surface area contributed by atoms with Gasteiger partial charge >= 0.3 is 5.97 Å². The zero-order chi connectivity index (χ0) is 19.0. The second kappa shape index (κ2) is 6.72. The number of carbonyl (C=O) groups is 3. The predicted molar refractivity (Wildman–Crippen MR) is 100.0 cm³/mol. The molecule has 2 aliphatic rings. The van der Waals surface area contributed by atoms with E-state index in [1.807, 2.05) is 4.90 Å². The van der Waals surface area contributed by atoms with Crippen LogP contribution in [0.1, 0.15) is 43.9 Å². The molecule has 136 valence electrons. The van der Waals surface area contributed by atoms with Crippen LogP contribution < -0.4 is 5.32 Å². The van der Waals surface area contributed by atoms with E-state index >= 15 is 0 Å². The Morgan fingerprint density at radius 2 is 1.48 bits per heavy atom. The number of benzene rings is 2. The van der Waals surface area contributed by atoms with E-state index in [9.17, 15) is 14.4 Å². The average Bonchev–Trinajstić information content (AvgIpc) is 3.21. The summed E-state index contributed by atoms with van der Waals surface area (Å²) in [7, 11) is 0. The van der Waals surface area contributed by atoms with Crippen LogP contribution in [-0.4, -0.2) is 40.6 Å². The van der Waals surface area contributed by atoms with E-state index in [0.29, 0.717) is 22.5 Å². The molecule has 2 N–H and O–H groups in total. The lowest BCUT2D eigenvalue weighted by atomic mass is 9.89. The van der Waals surface area contributed by atoms with E-state index in [0.717, 1.165) is 25.9 Å². The number of Topliss-reactive ketones (excluding diaryl/α,β-unsaturated/α-hetero) is 2. The number of fused-ring (bicyclic) bond motifs is 1. The van der Waals surface area contributed by atoms with Crippen LogP contribution in [0.25, 0.3) is 0 Å². The highest BCUT2D eigenvalue weighted by atomic mass is 16.4. The fraction of sp³-hybridized carbons (Fsp3) is 0.190. The standard InChI is InChI=1S/C21H18N2O4/c24-19-15-5-1-2-6-16(15)20(25)18(23-11-3-4-12-23)17(19)22-14-9-7-13(8-10-14)21(26)27/h1-2,5-10,22H,3-4,11-12H2,(H,26,27). The van der Waals surface area contributed by atoms with Crippen LogP contribution in [0.15, 0.2) is 59.9 Å². The third kappa shape index (κ3) is 2.99. The van der Waals surface area contributed by atoms with Gasteiger partial charge in [-0.15, -0.1) is 0 Å². The zero-order valence-electron chi connectivity index (χ0n) is 14.6. The highest BCUT2D eigenvalue weighted by molar-refractivity contribution is 6.27. The van der Waals surface area contributed by atoms with Crippen LogP contribution >= 0.6 is 0 Å². The van der Waals surface area contributed by atoms with E-state index in [2.05, 4.69) is 5.32 Å². The number of aromatic carboxylic acids is 1. The van der Waals surface area contributed by atoms with Gasteiger partial charge in [-0.2, -0.15) is 0 Å². The fourth-order valence-electron chi connectivity index (χ4n) is 3.56. The molecule has 6 nitrogen and oxygen atoms in total. The van der Waals surface area contributed by atoms with E-state index in [1.54, 1.807) is 36.4 Å². The molecule has 2 aromatic carbocycles. The van der Waals surface area contributed by atoms with Crippen LogP contribution in [0.2, 0.25) is 0 Å². The lowest BCUT2D eigenvalue weighted by Crippen LogP contribution is -2.35. The van der Waals surface area contributed by atoms with Gasteiger partial charge in [-0.1, -0.05) is 24.3 Å². The Balaban J connectivity index is 1.77. The molecular formula is C21H18N2O4. The van der Waals surface area contributed by atoms with Gasteiger partial charge in [-0.3, -0.25) is 9.59 Å². The van der Waals surface area contributed by atoms with Gasteiger partial charge in [0.1, 0.15) is 11.4 Å². The summed E-state index contributed by atoms with van der Waals surface area (Å²) in [5.74, 6) is -1.40. The largest absolute Gasteiger partial charge is 0.478 e. The summed E-state index contributed by atoms with van der Waals surface area (Å²) in [6.45, 7) is 1.47. The highest BCUT2D eigenvalue weighted by Crippen LogP contribution is 2.31. The van der Waals surface area contributed by atoms with Crippen molar-refractivity contribution in [2.45, 2.75) is 12.8 Å². The molecule has 0 aromatic heterocycles. The first-order chi connectivity index (χ1) is 13.1. The smallest absolute Gasteiger partial charge is 0.335 e. The molecule has 2 aromatic rings. The van der Waals surface area contributed by atoms with Crippen LogP contribution in [0.3, 0.4) is 0 Å². The zero-order valence-corrected chi connectivity index (χ0v) is 14.6. The number of likely N-dealkylation sites (tertiary alicyclic amines) is 1. The van der Waals surface area contributed by atoms with Crippen molar-refractivity contribution in [3.8, 4) is 0 Å². The van der Waals surface area contributed by atoms with Gasteiger partial charge in [0, 0.05) is 29.9 Å². The first-order valence-corrected chi connectivity index (χ1v) is 8.84. The van der Waals surface area contributed by atoms with Crippen LogP contribution in [0.4, 0.5) is 5.69 Å². The van der Waals surface area contributed by atoms with Gasteiger partial charge in [-0.05, 0) is 37.1 Å². The van der Waals surface area contributed by atoms with E-state index < -0.39 is 5.97 Å². The topological polar surface area (TPSA) is 86.7 Å². The minimum atomic E-state index is -1.02. The Kier molecular flexibility index (Phi) is 4.24. The summed E-state index contributed by atoms with van der Waals surface area (Å²) in [5, 5.41) is 12.1. The second-order valence-electron chi connectivity index (χ2n) is 6.63. The van der Waals surface area contributed by atoms with E-state index in [4.69, 9.17) is 5.11 Å². The van der Waals surface area contributed by atoms with Crippen molar-refractivity contribution in [2.75, 3.05) is 18.4 Å². The number of ketones is 2. The van der Waals surface area contributed by atoms with Crippen LogP contribution in [0.5, 0.6) is 0 Å². The maximum Gasteiger partial charge on any atom is 0.335 e. The molecule has 1 saturated heterocycles. The summed E-state index contributed by atoms with van der Waals surface area (Å²) in [6.07, 6.45) is 1.96. The van der Waals surface area contributed by atoms with Gasteiger partial charge in [0.15, 0.2) is 0 Å². The molecule has 6 heteroatoms. The molecule has 0 atom stereocenters. The van der Waals surface area contributed by atoms with Crippen molar-refractivity contribution in [1.29, 1.82) is 0 Å². The summed E-state index contributed by atoms with van der Waals surface area (Å²) in [5.41, 5.74) is 2.19. The van der Waals surface area contributed by atoms with Gasteiger partial charge in [-0.25, -0.2) is 4.79 Å². The molecule has 0 saturated carbocycles. The summed E-state index contributed by atoms with van der Waals surface area (Å²) < 4.78 is 0. The van der Waals surface area contributed by atoms with E-state index in [-0.39, 0.29) is 22.8 Å². The molecule has 1 heterocycles. The second-order valence-corrected chi connectivity index (χ2v) is 6.63. The Bertz CT molecular complexity index is 970. The number of hydrogen-bond acceptors (Lipinski definition) is 5. The molecular weight excluding hydrogens is 344 g/mol. The molecule has 4 rings (SSSR count). The van der Waals surface area contributed by atoms with Crippen molar-refractivity contribution in [2.24, 2.45) is 0 Å². The monoisotopic (exact) mass is 362 g/mol. The number of rotatable bonds is 4. The van der Waals surface area contributed by atoms with Crippen molar-refractivity contribution in [1.82, 2.24) is 4.90 Å². The summed E-state index contributed by atoms with van der Waals surface area (Å²) in [4.78, 5) is 39.2. The fourth-order valence-corrected chi connectivity index (χ4v) is 3.56. The number of allylic oxidation sites excluding steroid dienone is 2. The minimum Gasteiger partial charge on any atom is -0.478 e. The SMILES string of the molecule is O=C(O)c1ccc(NC2=C(N3CCCC3)C(=O)c3ccccc3C2=O)cc1. The number of anilines is 1. The lowest BCUT2D eigenvalue weighted by molar-refractivity contribution is 0.0696. The molecule has 1 aliphatic carbocycles.